The van der Waals surface area contributed by atoms with Gasteiger partial charge < -0.3 is 14.8 Å². The molecule has 0 aromatic heterocycles. The van der Waals surface area contributed by atoms with Gasteiger partial charge in [-0.05, 0) is 36.1 Å². The maximum absolute atomic E-state index is 12.6. The maximum atomic E-state index is 12.6. The van der Waals surface area contributed by atoms with E-state index in [0.29, 0.717) is 28.6 Å². The lowest BCUT2D eigenvalue weighted by molar-refractivity contribution is -0.122. The fraction of sp³-hybridized carbons (Fsp3) is 0.190. The summed E-state index contributed by atoms with van der Waals surface area (Å²) >= 11 is 6.11. The first-order valence-electron chi connectivity index (χ1n) is 8.41. The summed E-state index contributed by atoms with van der Waals surface area (Å²) in [6, 6.07) is 18.9. The predicted octanol–water partition coefficient (Wildman–Crippen LogP) is 5.30. The molecule has 0 bridgehead atoms. The molecule has 0 fully saturated rings. The van der Waals surface area contributed by atoms with Gasteiger partial charge in [0.25, 0.3) is 5.91 Å². The smallest absolute Gasteiger partial charge is 0.265 e. The molecule has 0 radical (unpaired) electrons. The van der Waals surface area contributed by atoms with Crippen LogP contribution in [0, 0.1) is 0 Å². The van der Waals surface area contributed by atoms with E-state index in [1.165, 1.54) is 0 Å². The summed E-state index contributed by atoms with van der Waals surface area (Å²) in [6.07, 6.45) is -0.0689. The van der Waals surface area contributed by atoms with Crippen molar-refractivity contribution in [3.05, 3.63) is 65.7 Å². The zero-order chi connectivity index (χ0) is 18.5. The van der Waals surface area contributed by atoms with E-state index >= 15 is 0 Å². The second kappa shape index (κ2) is 8.11. The Hall–Kier alpha value is -2.72. The van der Waals surface area contributed by atoms with Crippen LogP contribution in [0.1, 0.15) is 13.3 Å². The number of hydrogen-bond acceptors (Lipinski definition) is 3. The topological polar surface area (TPSA) is 47.6 Å². The number of fused-ring (bicyclic) bond motifs is 1. The molecule has 3 rings (SSSR count). The number of hydrogen-bond donors (Lipinski definition) is 1. The van der Waals surface area contributed by atoms with Gasteiger partial charge in [-0.15, -0.1) is 0 Å². The van der Waals surface area contributed by atoms with Crippen molar-refractivity contribution >= 4 is 34.0 Å². The number of ether oxygens (including phenoxy) is 2. The van der Waals surface area contributed by atoms with E-state index in [9.17, 15) is 4.79 Å². The van der Waals surface area contributed by atoms with Crippen LogP contribution in [0.2, 0.25) is 5.02 Å². The Morgan fingerprint density at radius 3 is 2.58 bits per heavy atom. The molecule has 1 amide bonds. The Kier molecular flexibility index (Phi) is 5.64. The number of anilines is 1. The Labute approximate surface area is 157 Å². The summed E-state index contributed by atoms with van der Waals surface area (Å²) < 4.78 is 11.1. The van der Waals surface area contributed by atoms with E-state index < -0.39 is 6.10 Å². The Bertz CT molecular complexity index is 921. The van der Waals surface area contributed by atoms with E-state index in [4.69, 9.17) is 21.1 Å². The Balaban J connectivity index is 1.77. The normalized spacial score (nSPS) is 11.8. The highest BCUT2D eigenvalue weighted by Gasteiger charge is 2.20. The lowest BCUT2D eigenvalue weighted by Crippen LogP contribution is -2.32. The van der Waals surface area contributed by atoms with Crippen molar-refractivity contribution in [1.82, 2.24) is 0 Å². The van der Waals surface area contributed by atoms with Crippen LogP contribution in [0.25, 0.3) is 10.8 Å². The van der Waals surface area contributed by atoms with Gasteiger partial charge in [-0.3, -0.25) is 4.79 Å². The van der Waals surface area contributed by atoms with Gasteiger partial charge in [0.15, 0.2) is 6.10 Å². The van der Waals surface area contributed by atoms with Crippen molar-refractivity contribution in [2.24, 2.45) is 0 Å². The van der Waals surface area contributed by atoms with E-state index in [0.717, 1.165) is 10.8 Å². The summed E-state index contributed by atoms with van der Waals surface area (Å²) in [4.78, 5) is 12.6. The average molecular weight is 370 g/mol. The van der Waals surface area contributed by atoms with E-state index in [1.807, 2.05) is 49.4 Å². The van der Waals surface area contributed by atoms with Gasteiger partial charge in [0.05, 0.1) is 12.1 Å². The molecule has 3 aromatic rings. The fourth-order valence-corrected chi connectivity index (χ4v) is 3.00. The van der Waals surface area contributed by atoms with Crippen molar-refractivity contribution in [2.75, 3.05) is 12.4 Å². The van der Waals surface area contributed by atoms with E-state index in [-0.39, 0.29) is 5.91 Å². The average Bonchev–Trinajstić information content (AvgIpc) is 2.66. The number of nitrogens with one attached hydrogen (secondary N) is 1. The molecule has 0 saturated carbocycles. The van der Waals surface area contributed by atoms with Crippen molar-refractivity contribution in [2.45, 2.75) is 19.4 Å². The van der Waals surface area contributed by atoms with Crippen LogP contribution < -0.4 is 14.8 Å². The highest BCUT2D eigenvalue weighted by atomic mass is 35.5. The molecule has 134 valence electrons. The van der Waals surface area contributed by atoms with Crippen molar-refractivity contribution in [1.29, 1.82) is 0 Å². The molecule has 0 heterocycles. The van der Waals surface area contributed by atoms with Crippen molar-refractivity contribution in [3.8, 4) is 11.5 Å². The minimum atomic E-state index is -0.610. The van der Waals surface area contributed by atoms with Crippen LogP contribution in [-0.4, -0.2) is 19.1 Å². The molecule has 3 aromatic carbocycles. The second-order valence-corrected chi connectivity index (χ2v) is 6.24. The number of benzene rings is 3. The first-order valence-corrected chi connectivity index (χ1v) is 8.79. The summed E-state index contributed by atoms with van der Waals surface area (Å²) in [5.41, 5.74) is 0.598. The molecule has 0 saturated heterocycles. The second-order valence-electron chi connectivity index (χ2n) is 5.83. The molecule has 5 heteroatoms. The molecule has 4 nitrogen and oxygen atoms in total. The summed E-state index contributed by atoms with van der Waals surface area (Å²) in [6.45, 7) is 1.91. The number of carbonyl (C=O) groups excluding carboxylic acids is 1. The Morgan fingerprint density at radius 2 is 1.85 bits per heavy atom. The number of amides is 1. The quantitative estimate of drug-likeness (QED) is 0.641. The molecule has 0 unspecified atom stereocenters. The standard InChI is InChI=1S/C21H20ClNO3/c1-3-18(21(24)23-15-11-12-20(25-2)17(22)13-15)26-19-10-6-8-14-7-4-5-9-16(14)19/h4-13,18H,3H2,1-2H3,(H,23,24)/t18-/m0/s1. The van der Waals surface area contributed by atoms with E-state index in [1.54, 1.807) is 25.3 Å². The molecular weight excluding hydrogens is 350 g/mol. The minimum absolute atomic E-state index is 0.221. The minimum Gasteiger partial charge on any atom is -0.495 e. The largest absolute Gasteiger partial charge is 0.495 e. The lowest BCUT2D eigenvalue weighted by Gasteiger charge is -2.19. The van der Waals surface area contributed by atoms with Gasteiger partial charge in [0.2, 0.25) is 0 Å². The van der Waals surface area contributed by atoms with Gasteiger partial charge in [0.1, 0.15) is 11.5 Å². The monoisotopic (exact) mass is 369 g/mol. The summed E-state index contributed by atoms with van der Waals surface area (Å²) in [7, 11) is 1.55. The van der Waals surface area contributed by atoms with Gasteiger partial charge in [0, 0.05) is 11.1 Å². The van der Waals surface area contributed by atoms with Gasteiger partial charge in [-0.25, -0.2) is 0 Å². The third kappa shape index (κ3) is 3.92. The Morgan fingerprint density at radius 1 is 1.08 bits per heavy atom. The predicted molar refractivity (Wildman–Crippen MR) is 105 cm³/mol. The van der Waals surface area contributed by atoms with Crippen molar-refractivity contribution < 1.29 is 14.3 Å². The molecule has 0 aliphatic carbocycles. The fourth-order valence-electron chi connectivity index (χ4n) is 2.74. The molecular formula is C21H20ClNO3. The zero-order valence-corrected chi connectivity index (χ0v) is 15.4. The highest BCUT2D eigenvalue weighted by molar-refractivity contribution is 6.32. The molecule has 1 atom stereocenters. The third-order valence-corrected chi connectivity index (χ3v) is 4.40. The molecule has 0 aliphatic rings. The van der Waals surface area contributed by atoms with Gasteiger partial charge in [-0.2, -0.15) is 0 Å². The van der Waals surface area contributed by atoms with Gasteiger partial charge in [-0.1, -0.05) is 54.9 Å². The summed E-state index contributed by atoms with van der Waals surface area (Å²) in [5.74, 6) is 1.03. The molecule has 0 spiro atoms. The molecule has 0 aliphatic heterocycles. The van der Waals surface area contributed by atoms with Crippen LogP contribution in [0.3, 0.4) is 0 Å². The van der Waals surface area contributed by atoms with Crippen LogP contribution >= 0.6 is 11.6 Å². The van der Waals surface area contributed by atoms with Gasteiger partial charge >= 0.3 is 0 Å². The third-order valence-electron chi connectivity index (χ3n) is 4.10. The zero-order valence-electron chi connectivity index (χ0n) is 14.7. The van der Waals surface area contributed by atoms with Crippen LogP contribution in [0.5, 0.6) is 11.5 Å². The van der Waals surface area contributed by atoms with Crippen LogP contribution in [-0.2, 0) is 4.79 Å². The number of carbonyl (C=O) groups is 1. The first kappa shape index (κ1) is 18.1. The number of halogens is 1. The lowest BCUT2D eigenvalue weighted by atomic mass is 10.1. The first-order chi connectivity index (χ1) is 12.6. The number of rotatable bonds is 6. The SMILES string of the molecule is CC[C@H](Oc1cccc2ccccc12)C(=O)Nc1ccc(OC)c(Cl)c1. The molecule has 1 N–H and O–H groups in total. The highest BCUT2D eigenvalue weighted by Crippen LogP contribution is 2.29. The maximum Gasteiger partial charge on any atom is 0.265 e. The van der Waals surface area contributed by atoms with Crippen LogP contribution in [0.15, 0.2) is 60.7 Å². The van der Waals surface area contributed by atoms with Crippen LogP contribution in [0.4, 0.5) is 5.69 Å². The van der Waals surface area contributed by atoms with Crippen molar-refractivity contribution in [3.63, 3.8) is 0 Å². The summed E-state index contributed by atoms with van der Waals surface area (Å²) in [5, 5.41) is 5.34. The number of methoxy groups -OCH3 is 1. The molecule has 26 heavy (non-hydrogen) atoms. The van der Waals surface area contributed by atoms with E-state index in [2.05, 4.69) is 5.32 Å².